The fourth-order valence-electron chi connectivity index (χ4n) is 3.17. The Bertz CT molecular complexity index is 1080. The lowest BCUT2D eigenvalue weighted by atomic mass is 10.2. The van der Waals surface area contributed by atoms with Gasteiger partial charge in [0.05, 0.1) is 17.4 Å². The molecule has 0 aliphatic carbocycles. The predicted octanol–water partition coefficient (Wildman–Crippen LogP) is 0.695. The number of anilines is 1. The molecule has 1 aliphatic heterocycles. The molecule has 0 spiro atoms. The summed E-state index contributed by atoms with van der Waals surface area (Å²) >= 11 is 0. The van der Waals surface area contributed by atoms with Crippen LogP contribution in [0.5, 0.6) is 11.5 Å². The van der Waals surface area contributed by atoms with Crippen molar-refractivity contribution in [1.29, 1.82) is 0 Å². The minimum Gasteiger partial charge on any atom is -0.454 e. The zero-order chi connectivity index (χ0) is 19.5. The van der Waals surface area contributed by atoms with Crippen LogP contribution < -0.4 is 25.2 Å². The van der Waals surface area contributed by atoms with Crippen LogP contribution in [0.2, 0.25) is 0 Å². The number of nitrogens with one attached hydrogen (secondary N) is 3. The number of aromatic amines is 1. The standard InChI is InChI=1S/C20H20N4O4/c1-2-24(10-18-22-15-6-4-3-5-14(15)20(26)23-18)11-19(25)21-13-7-8-16-17(9-13)28-12-27-16/h3-9H,2,10-12H2,1H3,(H,21,25)(H,22,23,26)/p+1. The third kappa shape index (κ3) is 3.81. The first kappa shape index (κ1) is 18.0. The molecule has 1 unspecified atom stereocenters. The Balaban J connectivity index is 1.43. The van der Waals surface area contributed by atoms with Gasteiger partial charge < -0.3 is 24.7 Å². The lowest BCUT2D eigenvalue weighted by Gasteiger charge is -2.17. The molecule has 8 heteroatoms. The normalized spacial score (nSPS) is 13.5. The van der Waals surface area contributed by atoms with Crippen LogP contribution in [-0.2, 0) is 11.3 Å². The second-order valence-electron chi connectivity index (χ2n) is 6.60. The van der Waals surface area contributed by atoms with Crippen molar-refractivity contribution in [1.82, 2.24) is 9.97 Å². The maximum absolute atomic E-state index is 12.5. The molecule has 28 heavy (non-hydrogen) atoms. The molecule has 2 aromatic carbocycles. The van der Waals surface area contributed by atoms with Crippen molar-refractivity contribution in [3.05, 3.63) is 58.6 Å². The van der Waals surface area contributed by atoms with E-state index < -0.39 is 0 Å². The number of hydrogen-bond donors (Lipinski definition) is 3. The molecule has 0 radical (unpaired) electrons. The molecule has 3 N–H and O–H groups in total. The fourth-order valence-corrected chi connectivity index (χ4v) is 3.17. The Morgan fingerprint density at radius 1 is 1.21 bits per heavy atom. The number of carbonyl (C=O) groups excluding carboxylic acids is 1. The van der Waals surface area contributed by atoms with Crippen LogP contribution in [0.4, 0.5) is 5.69 Å². The number of likely N-dealkylation sites (N-methyl/N-ethyl adjacent to an activating group) is 1. The largest absolute Gasteiger partial charge is 0.454 e. The average molecular weight is 381 g/mol. The first-order chi connectivity index (χ1) is 13.6. The molecule has 0 saturated heterocycles. The molecule has 0 bridgehead atoms. The Kier molecular flexibility index (Phi) is 4.94. The maximum atomic E-state index is 12.5. The molecule has 144 valence electrons. The second kappa shape index (κ2) is 7.69. The average Bonchev–Trinajstić information content (AvgIpc) is 3.15. The zero-order valence-electron chi connectivity index (χ0n) is 15.5. The van der Waals surface area contributed by atoms with E-state index in [2.05, 4.69) is 15.3 Å². The van der Waals surface area contributed by atoms with Gasteiger partial charge in [0, 0.05) is 11.8 Å². The van der Waals surface area contributed by atoms with Gasteiger partial charge in [-0.15, -0.1) is 0 Å². The van der Waals surface area contributed by atoms with Gasteiger partial charge in [0.15, 0.2) is 23.9 Å². The van der Waals surface area contributed by atoms with Gasteiger partial charge in [0.1, 0.15) is 6.54 Å². The number of rotatable bonds is 6. The summed E-state index contributed by atoms with van der Waals surface area (Å²) in [4.78, 5) is 33.0. The van der Waals surface area contributed by atoms with Crippen LogP contribution in [0.1, 0.15) is 12.7 Å². The smallest absolute Gasteiger partial charge is 0.279 e. The van der Waals surface area contributed by atoms with Crippen LogP contribution >= 0.6 is 0 Å². The first-order valence-corrected chi connectivity index (χ1v) is 9.13. The molecule has 0 fully saturated rings. The highest BCUT2D eigenvalue weighted by Crippen LogP contribution is 2.34. The Hall–Kier alpha value is -3.39. The van der Waals surface area contributed by atoms with E-state index in [-0.39, 0.29) is 24.8 Å². The third-order valence-corrected chi connectivity index (χ3v) is 4.65. The van der Waals surface area contributed by atoms with Crippen LogP contribution in [-0.4, -0.2) is 35.8 Å². The van der Waals surface area contributed by atoms with Crippen LogP contribution in [0.15, 0.2) is 47.3 Å². The predicted molar refractivity (Wildman–Crippen MR) is 104 cm³/mol. The minimum atomic E-state index is -0.166. The van der Waals surface area contributed by atoms with Crippen molar-refractivity contribution in [3.63, 3.8) is 0 Å². The fraction of sp³-hybridized carbons (Fsp3) is 0.250. The zero-order valence-corrected chi connectivity index (χ0v) is 15.5. The molecule has 1 aromatic heterocycles. The quantitative estimate of drug-likeness (QED) is 0.584. The first-order valence-electron chi connectivity index (χ1n) is 9.13. The highest BCUT2D eigenvalue weighted by atomic mass is 16.7. The van der Waals surface area contributed by atoms with Crippen molar-refractivity contribution in [3.8, 4) is 11.5 Å². The number of benzene rings is 2. The Morgan fingerprint density at radius 2 is 2.04 bits per heavy atom. The number of carbonyl (C=O) groups is 1. The van der Waals surface area contributed by atoms with E-state index in [0.717, 1.165) is 4.90 Å². The number of fused-ring (bicyclic) bond motifs is 2. The summed E-state index contributed by atoms with van der Waals surface area (Å²) in [6, 6.07) is 12.5. The van der Waals surface area contributed by atoms with Gasteiger partial charge in [-0.05, 0) is 31.2 Å². The van der Waals surface area contributed by atoms with Gasteiger partial charge in [0.25, 0.3) is 11.5 Å². The summed E-state index contributed by atoms with van der Waals surface area (Å²) in [7, 11) is 0. The van der Waals surface area contributed by atoms with E-state index in [1.165, 1.54) is 0 Å². The SMILES string of the molecule is CC[NH+](CC(=O)Nc1ccc2c(c1)OCO2)Cc1nc2ccccc2c(=O)[nH]1. The van der Waals surface area contributed by atoms with Crippen LogP contribution in [0.25, 0.3) is 10.9 Å². The Labute approximate surface area is 161 Å². The van der Waals surface area contributed by atoms with E-state index in [1.54, 1.807) is 24.3 Å². The van der Waals surface area contributed by atoms with Gasteiger partial charge in [-0.25, -0.2) is 4.98 Å². The van der Waals surface area contributed by atoms with E-state index in [4.69, 9.17) is 9.47 Å². The van der Waals surface area contributed by atoms with E-state index in [1.807, 2.05) is 25.1 Å². The number of hydrogen-bond acceptors (Lipinski definition) is 5. The molecule has 4 rings (SSSR count). The molecule has 1 aliphatic rings. The van der Waals surface area contributed by atoms with Crippen molar-refractivity contribution < 1.29 is 19.2 Å². The van der Waals surface area contributed by atoms with Crippen molar-refractivity contribution in [2.45, 2.75) is 13.5 Å². The highest BCUT2D eigenvalue weighted by molar-refractivity contribution is 5.91. The van der Waals surface area contributed by atoms with E-state index in [9.17, 15) is 9.59 Å². The maximum Gasteiger partial charge on any atom is 0.279 e. The summed E-state index contributed by atoms with van der Waals surface area (Å²) in [5.74, 6) is 1.73. The molecular weight excluding hydrogens is 360 g/mol. The van der Waals surface area contributed by atoms with E-state index in [0.29, 0.717) is 47.0 Å². The second-order valence-corrected chi connectivity index (χ2v) is 6.60. The molecular formula is C20H21N4O4+. The van der Waals surface area contributed by atoms with Gasteiger partial charge in [0.2, 0.25) is 6.79 Å². The summed E-state index contributed by atoms with van der Waals surface area (Å²) in [5, 5.41) is 3.44. The molecule has 1 amide bonds. The number of amides is 1. The molecule has 8 nitrogen and oxygen atoms in total. The number of para-hydroxylation sites is 1. The van der Waals surface area contributed by atoms with E-state index >= 15 is 0 Å². The molecule has 0 saturated carbocycles. The van der Waals surface area contributed by atoms with Crippen molar-refractivity contribution in [2.24, 2.45) is 0 Å². The minimum absolute atomic E-state index is 0.126. The number of ether oxygens (including phenoxy) is 2. The summed E-state index contributed by atoms with van der Waals surface area (Å²) in [5.41, 5.74) is 1.14. The summed E-state index contributed by atoms with van der Waals surface area (Å²) in [6.45, 7) is 3.59. The number of nitrogens with zero attached hydrogens (tertiary/aromatic N) is 1. The van der Waals surface area contributed by atoms with Crippen molar-refractivity contribution >= 4 is 22.5 Å². The number of H-pyrrole nitrogens is 1. The van der Waals surface area contributed by atoms with Gasteiger partial charge in [-0.2, -0.15) is 0 Å². The summed E-state index contributed by atoms with van der Waals surface area (Å²) < 4.78 is 10.6. The lowest BCUT2D eigenvalue weighted by molar-refractivity contribution is -0.904. The molecule has 2 heterocycles. The lowest BCUT2D eigenvalue weighted by Crippen LogP contribution is -3.11. The van der Waals surface area contributed by atoms with Gasteiger partial charge >= 0.3 is 0 Å². The third-order valence-electron chi connectivity index (χ3n) is 4.65. The van der Waals surface area contributed by atoms with Crippen LogP contribution in [0.3, 0.4) is 0 Å². The highest BCUT2D eigenvalue weighted by Gasteiger charge is 2.18. The Morgan fingerprint density at radius 3 is 2.89 bits per heavy atom. The van der Waals surface area contributed by atoms with Crippen LogP contribution in [0, 0.1) is 0 Å². The van der Waals surface area contributed by atoms with Gasteiger partial charge in [-0.1, -0.05) is 12.1 Å². The molecule has 3 aromatic rings. The van der Waals surface area contributed by atoms with Gasteiger partial charge in [-0.3, -0.25) is 9.59 Å². The number of aromatic nitrogens is 2. The van der Waals surface area contributed by atoms with Crippen molar-refractivity contribution in [2.75, 3.05) is 25.2 Å². The number of quaternary nitrogens is 1. The summed E-state index contributed by atoms with van der Waals surface area (Å²) in [6.07, 6.45) is 0. The monoisotopic (exact) mass is 381 g/mol. The molecule has 1 atom stereocenters. The topological polar surface area (TPSA) is 97.8 Å².